The van der Waals surface area contributed by atoms with Gasteiger partial charge in [0.05, 0.1) is 44.5 Å². The van der Waals surface area contributed by atoms with E-state index in [0.717, 1.165) is 38.8 Å². The van der Waals surface area contributed by atoms with Crippen LogP contribution >= 0.6 is 11.3 Å². The molecule has 0 unspecified atom stereocenters. The van der Waals surface area contributed by atoms with Gasteiger partial charge in [-0.25, -0.2) is 4.98 Å². The number of carbonyl (C=O) groups is 1. The summed E-state index contributed by atoms with van der Waals surface area (Å²) in [6, 6.07) is 13.5. The summed E-state index contributed by atoms with van der Waals surface area (Å²) >= 11 is 1.52. The second kappa shape index (κ2) is 7.85. The van der Waals surface area contributed by atoms with Crippen molar-refractivity contribution in [2.45, 2.75) is 6.92 Å². The minimum Gasteiger partial charge on any atom is -0.497 e. The van der Waals surface area contributed by atoms with E-state index in [1.807, 2.05) is 49.4 Å². The number of hydrogen-bond donors (Lipinski definition) is 1. The number of thiazole rings is 1. The lowest BCUT2D eigenvalue weighted by Crippen LogP contribution is -3.06. The van der Waals surface area contributed by atoms with E-state index in [4.69, 9.17) is 9.72 Å². The van der Waals surface area contributed by atoms with Gasteiger partial charge in [0.1, 0.15) is 5.75 Å². The number of fused-ring (bicyclic) bond motifs is 1. The van der Waals surface area contributed by atoms with Gasteiger partial charge in [-0.1, -0.05) is 29.5 Å². The number of hydrogen-bond acceptors (Lipinski definition) is 4. The number of amides is 1. The van der Waals surface area contributed by atoms with Gasteiger partial charge in [-0.2, -0.15) is 0 Å². The Balaban J connectivity index is 2.00. The van der Waals surface area contributed by atoms with Crippen LogP contribution in [0.1, 0.15) is 15.9 Å². The van der Waals surface area contributed by atoms with Crippen molar-refractivity contribution in [2.75, 3.05) is 39.2 Å². The molecular weight excluding hydrogens is 346 g/mol. The van der Waals surface area contributed by atoms with E-state index in [1.165, 1.54) is 16.2 Å². The van der Waals surface area contributed by atoms with Crippen molar-refractivity contribution in [3.8, 4) is 5.75 Å². The zero-order chi connectivity index (χ0) is 18.7. The van der Waals surface area contributed by atoms with E-state index in [1.54, 1.807) is 12.0 Å². The third kappa shape index (κ3) is 3.86. The van der Waals surface area contributed by atoms with E-state index in [0.29, 0.717) is 6.54 Å². The fraction of sp³-hybridized carbons (Fsp3) is 0.300. The third-order valence-electron chi connectivity index (χ3n) is 4.27. The van der Waals surface area contributed by atoms with Crippen LogP contribution in [0.2, 0.25) is 0 Å². The predicted octanol–water partition coefficient (Wildman–Crippen LogP) is 2.40. The topological polar surface area (TPSA) is 46.9 Å². The summed E-state index contributed by atoms with van der Waals surface area (Å²) in [6.07, 6.45) is 0. The Bertz CT molecular complexity index is 920. The summed E-state index contributed by atoms with van der Waals surface area (Å²) < 4.78 is 6.31. The summed E-state index contributed by atoms with van der Waals surface area (Å²) in [7, 11) is 5.82. The highest BCUT2D eigenvalue weighted by Crippen LogP contribution is 2.32. The van der Waals surface area contributed by atoms with Crippen LogP contribution in [0, 0.1) is 6.92 Å². The number of benzene rings is 2. The molecule has 0 saturated heterocycles. The van der Waals surface area contributed by atoms with Crippen LogP contribution in [0.4, 0.5) is 5.13 Å². The standard InChI is InChI=1S/C20H23N3O2S/c1-14-7-5-6-8-16(14)19(24)23(12-11-22(2)3)20-21-17-10-9-15(25-4)13-18(17)26-20/h5-10,13H,11-12H2,1-4H3/p+1. The van der Waals surface area contributed by atoms with Gasteiger partial charge in [0.15, 0.2) is 5.13 Å². The molecule has 2 aromatic carbocycles. The van der Waals surface area contributed by atoms with Gasteiger partial charge < -0.3 is 9.64 Å². The molecule has 3 rings (SSSR count). The molecule has 0 spiro atoms. The van der Waals surface area contributed by atoms with E-state index in [9.17, 15) is 4.79 Å². The molecule has 0 atom stereocenters. The molecular formula is C20H24N3O2S+. The molecule has 26 heavy (non-hydrogen) atoms. The molecule has 0 fully saturated rings. The monoisotopic (exact) mass is 370 g/mol. The van der Waals surface area contributed by atoms with Gasteiger partial charge in [0.2, 0.25) is 0 Å². The zero-order valence-corrected chi connectivity index (χ0v) is 16.4. The van der Waals surface area contributed by atoms with Crippen molar-refractivity contribution in [3.63, 3.8) is 0 Å². The number of carbonyl (C=O) groups excluding carboxylic acids is 1. The Hall–Kier alpha value is -2.44. The molecule has 136 valence electrons. The smallest absolute Gasteiger partial charge is 0.260 e. The number of likely N-dealkylation sites (N-methyl/N-ethyl adjacent to an activating group) is 1. The van der Waals surface area contributed by atoms with Gasteiger partial charge in [0.25, 0.3) is 5.91 Å². The van der Waals surface area contributed by atoms with Gasteiger partial charge in [-0.05, 0) is 36.8 Å². The Kier molecular flexibility index (Phi) is 5.54. The van der Waals surface area contributed by atoms with Crippen molar-refractivity contribution in [1.29, 1.82) is 0 Å². The first kappa shape index (κ1) is 18.4. The molecule has 0 aliphatic heterocycles. The van der Waals surface area contributed by atoms with Crippen molar-refractivity contribution >= 4 is 32.6 Å². The minimum atomic E-state index is -0.00429. The molecule has 0 radical (unpaired) electrons. The molecule has 0 saturated carbocycles. The van der Waals surface area contributed by atoms with Gasteiger partial charge >= 0.3 is 0 Å². The molecule has 0 aliphatic carbocycles. The lowest BCUT2D eigenvalue weighted by Gasteiger charge is -2.21. The third-order valence-corrected chi connectivity index (χ3v) is 5.31. The fourth-order valence-corrected chi connectivity index (χ4v) is 3.73. The van der Waals surface area contributed by atoms with Crippen molar-refractivity contribution < 1.29 is 14.4 Å². The van der Waals surface area contributed by atoms with E-state index in [2.05, 4.69) is 14.1 Å². The maximum atomic E-state index is 13.2. The number of nitrogens with zero attached hydrogens (tertiary/aromatic N) is 2. The first-order chi connectivity index (χ1) is 12.5. The molecule has 3 aromatic rings. The summed E-state index contributed by atoms with van der Waals surface area (Å²) in [5.74, 6) is 0.789. The Morgan fingerprint density at radius 2 is 2.00 bits per heavy atom. The van der Waals surface area contributed by atoms with Crippen LogP contribution in [0.25, 0.3) is 10.2 Å². The average Bonchev–Trinajstić information content (AvgIpc) is 3.04. The highest BCUT2D eigenvalue weighted by Gasteiger charge is 2.23. The SMILES string of the molecule is COc1ccc2nc(N(CC[NH+](C)C)C(=O)c3ccccc3C)sc2c1. The number of anilines is 1. The molecule has 0 aliphatic rings. The molecule has 1 amide bonds. The van der Waals surface area contributed by atoms with Crippen molar-refractivity contribution in [2.24, 2.45) is 0 Å². The predicted molar refractivity (Wildman–Crippen MR) is 107 cm³/mol. The number of ether oxygens (including phenoxy) is 1. The highest BCUT2D eigenvalue weighted by molar-refractivity contribution is 7.22. The first-order valence-electron chi connectivity index (χ1n) is 8.60. The Morgan fingerprint density at radius 1 is 1.23 bits per heavy atom. The zero-order valence-electron chi connectivity index (χ0n) is 15.6. The molecule has 1 N–H and O–H groups in total. The van der Waals surface area contributed by atoms with Crippen LogP contribution < -0.4 is 14.5 Å². The average molecular weight is 370 g/mol. The first-order valence-corrected chi connectivity index (χ1v) is 9.42. The van der Waals surface area contributed by atoms with Gasteiger partial charge in [0, 0.05) is 5.56 Å². The van der Waals surface area contributed by atoms with E-state index < -0.39 is 0 Å². The second-order valence-electron chi connectivity index (χ2n) is 6.56. The molecule has 6 heteroatoms. The summed E-state index contributed by atoms with van der Waals surface area (Å²) in [5, 5.41) is 0.725. The minimum absolute atomic E-state index is 0.00429. The maximum Gasteiger partial charge on any atom is 0.260 e. The van der Waals surface area contributed by atoms with E-state index in [-0.39, 0.29) is 5.91 Å². The number of quaternary nitrogens is 1. The molecule has 5 nitrogen and oxygen atoms in total. The lowest BCUT2D eigenvalue weighted by molar-refractivity contribution is -0.856. The summed E-state index contributed by atoms with van der Waals surface area (Å²) in [5.41, 5.74) is 2.58. The van der Waals surface area contributed by atoms with Crippen LogP contribution in [0.3, 0.4) is 0 Å². The number of nitrogens with one attached hydrogen (secondary N) is 1. The Labute approximate surface area is 157 Å². The summed E-state index contributed by atoms with van der Waals surface area (Å²) in [4.78, 5) is 21.0. The Morgan fingerprint density at radius 3 is 2.69 bits per heavy atom. The normalized spacial score (nSPS) is 11.1. The molecule has 0 bridgehead atoms. The molecule has 1 heterocycles. The molecule has 1 aromatic heterocycles. The number of rotatable bonds is 6. The van der Waals surface area contributed by atoms with Crippen LogP contribution in [0.5, 0.6) is 5.75 Å². The van der Waals surface area contributed by atoms with Crippen LogP contribution in [0.15, 0.2) is 42.5 Å². The van der Waals surface area contributed by atoms with Gasteiger partial charge in [-0.15, -0.1) is 0 Å². The van der Waals surface area contributed by atoms with Crippen LogP contribution in [-0.2, 0) is 0 Å². The largest absolute Gasteiger partial charge is 0.497 e. The lowest BCUT2D eigenvalue weighted by atomic mass is 10.1. The van der Waals surface area contributed by atoms with Gasteiger partial charge in [-0.3, -0.25) is 9.69 Å². The fourth-order valence-electron chi connectivity index (χ4n) is 2.71. The van der Waals surface area contributed by atoms with E-state index >= 15 is 0 Å². The number of aromatic nitrogens is 1. The quantitative estimate of drug-likeness (QED) is 0.725. The summed E-state index contributed by atoms with van der Waals surface area (Å²) in [6.45, 7) is 3.43. The van der Waals surface area contributed by atoms with Crippen molar-refractivity contribution in [3.05, 3.63) is 53.6 Å². The highest BCUT2D eigenvalue weighted by atomic mass is 32.1. The van der Waals surface area contributed by atoms with Crippen molar-refractivity contribution in [1.82, 2.24) is 4.98 Å². The van der Waals surface area contributed by atoms with Crippen LogP contribution in [-0.4, -0.2) is 45.2 Å². The maximum absolute atomic E-state index is 13.2. The number of methoxy groups -OCH3 is 1. The second-order valence-corrected chi connectivity index (χ2v) is 7.57. The number of aryl methyl sites for hydroxylation is 1.